The van der Waals surface area contributed by atoms with E-state index in [1.165, 1.54) is 4.52 Å². The molecule has 6 nitrogen and oxygen atoms in total. The van der Waals surface area contributed by atoms with Crippen LogP contribution in [0.3, 0.4) is 0 Å². The fraction of sp³-hybridized carbons (Fsp3) is 0.286. The van der Waals surface area contributed by atoms with Crippen molar-refractivity contribution in [2.45, 2.75) is 19.0 Å². The molecule has 3 heterocycles. The Hall–Kier alpha value is -1.83. The van der Waals surface area contributed by atoms with Gasteiger partial charge in [-0.2, -0.15) is 4.98 Å². The number of halogens is 3. The van der Waals surface area contributed by atoms with Crippen molar-refractivity contribution in [3.05, 3.63) is 46.2 Å². The van der Waals surface area contributed by atoms with Crippen LogP contribution in [0.25, 0.3) is 5.52 Å². The summed E-state index contributed by atoms with van der Waals surface area (Å²) in [4.78, 5) is 4.17. The van der Waals surface area contributed by atoms with Gasteiger partial charge in [-0.1, -0.05) is 11.6 Å². The van der Waals surface area contributed by atoms with Crippen LogP contribution in [-0.2, 0) is 13.0 Å². The average Bonchev–Trinajstić information content (AvgIpc) is 3.15. The van der Waals surface area contributed by atoms with E-state index in [-0.39, 0.29) is 5.28 Å². The largest absolute Gasteiger partial charge is 0.467 e. The zero-order valence-corrected chi connectivity index (χ0v) is 13.5. The van der Waals surface area contributed by atoms with Crippen molar-refractivity contribution in [3.8, 4) is 0 Å². The number of rotatable bonds is 6. The first kappa shape index (κ1) is 16.0. The predicted molar refractivity (Wildman–Crippen MR) is 86.7 cm³/mol. The third-order valence-corrected chi connectivity index (χ3v) is 3.87. The first-order valence-corrected chi connectivity index (χ1v) is 7.65. The zero-order chi connectivity index (χ0) is 16.4. The quantitative estimate of drug-likeness (QED) is 0.708. The molecule has 1 atom stereocenters. The number of fused-ring (bicyclic) bond motifs is 1. The molecule has 0 aliphatic heterocycles. The second-order valence-electron chi connectivity index (χ2n) is 5.04. The van der Waals surface area contributed by atoms with Crippen molar-refractivity contribution in [2.24, 2.45) is 5.73 Å². The molecule has 1 unspecified atom stereocenters. The van der Waals surface area contributed by atoms with Gasteiger partial charge in [0.25, 0.3) is 0 Å². The number of furan rings is 1. The van der Waals surface area contributed by atoms with Gasteiger partial charge in [-0.25, -0.2) is 8.91 Å². The monoisotopic (exact) mass is 357 g/mol. The number of hydrogen-bond acceptors (Lipinski definition) is 5. The van der Waals surface area contributed by atoms with Crippen molar-refractivity contribution in [1.29, 1.82) is 0 Å². The van der Waals surface area contributed by atoms with E-state index in [1.807, 2.05) is 6.07 Å². The van der Waals surface area contributed by atoms with Crippen molar-refractivity contribution in [3.63, 3.8) is 0 Å². The minimum Gasteiger partial charge on any atom is -0.467 e. The molecule has 0 saturated heterocycles. The van der Waals surface area contributed by atoms with E-state index in [1.54, 1.807) is 18.4 Å². The van der Waals surface area contributed by atoms with Crippen LogP contribution < -0.4 is 11.1 Å². The molecule has 9 heteroatoms. The van der Waals surface area contributed by atoms with Crippen LogP contribution in [0.4, 0.5) is 10.2 Å². The molecule has 3 N–H and O–H groups in total. The topological polar surface area (TPSA) is 81.4 Å². The second kappa shape index (κ2) is 6.74. The van der Waals surface area contributed by atoms with E-state index in [9.17, 15) is 4.39 Å². The molecule has 0 aromatic carbocycles. The number of alkyl halides is 1. The Bertz CT molecular complexity index is 805. The summed E-state index contributed by atoms with van der Waals surface area (Å²) in [7, 11) is 0. The van der Waals surface area contributed by atoms with Gasteiger partial charge >= 0.3 is 0 Å². The number of anilines is 1. The Morgan fingerprint density at radius 2 is 2.26 bits per heavy atom. The van der Waals surface area contributed by atoms with Crippen LogP contribution in [-0.4, -0.2) is 27.3 Å². The van der Waals surface area contributed by atoms with E-state index in [4.69, 9.17) is 33.4 Å². The Morgan fingerprint density at radius 3 is 2.96 bits per heavy atom. The smallest absolute Gasteiger partial charge is 0.243 e. The standard InChI is InChI=1S/C14H14Cl2FN5O/c15-12-8(4-9(18)6-17)5-11-13(20-14(16)21-22(11)12)19-7-10-2-1-3-23-10/h1-3,5,9H,4,6-7,18H2,(H,19,20,21). The third kappa shape index (κ3) is 3.41. The van der Waals surface area contributed by atoms with E-state index >= 15 is 0 Å². The molecule has 0 amide bonds. The Kier molecular flexibility index (Phi) is 4.70. The normalized spacial score (nSPS) is 12.7. The summed E-state index contributed by atoms with van der Waals surface area (Å²) in [5, 5.41) is 7.58. The summed E-state index contributed by atoms with van der Waals surface area (Å²) in [5.74, 6) is 1.25. The number of nitrogens with zero attached hydrogens (tertiary/aromatic N) is 3. The summed E-state index contributed by atoms with van der Waals surface area (Å²) in [6.07, 6.45) is 1.89. The highest BCUT2D eigenvalue weighted by Crippen LogP contribution is 2.27. The highest BCUT2D eigenvalue weighted by atomic mass is 35.5. The maximum absolute atomic E-state index is 12.6. The maximum Gasteiger partial charge on any atom is 0.243 e. The SMILES string of the molecule is NC(CF)Cc1cc2c(NCc3ccco3)nc(Cl)nn2c1Cl. The molecule has 0 radical (unpaired) electrons. The van der Waals surface area contributed by atoms with Crippen LogP contribution in [0.5, 0.6) is 0 Å². The van der Waals surface area contributed by atoms with Crippen LogP contribution in [0, 0.1) is 0 Å². The molecule has 3 aromatic rings. The summed E-state index contributed by atoms with van der Waals surface area (Å²) >= 11 is 12.2. The lowest BCUT2D eigenvalue weighted by atomic mass is 10.1. The molecule has 0 aliphatic carbocycles. The van der Waals surface area contributed by atoms with Gasteiger partial charge in [0.05, 0.1) is 12.8 Å². The lowest BCUT2D eigenvalue weighted by molar-refractivity contribution is 0.427. The van der Waals surface area contributed by atoms with E-state index in [0.29, 0.717) is 35.0 Å². The molecule has 0 saturated carbocycles. The van der Waals surface area contributed by atoms with E-state index < -0.39 is 12.7 Å². The highest BCUT2D eigenvalue weighted by Gasteiger charge is 2.17. The second-order valence-corrected chi connectivity index (χ2v) is 5.73. The van der Waals surface area contributed by atoms with E-state index in [2.05, 4.69) is 15.4 Å². The summed E-state index contributed by atoms with van der Waals surface area (Å²) in [6, 6.07) is 4.79. The van der Waals surface area contributed by atoms with Gasteiger partial charge < -0.3 is 15.5 Å². The fourth-order valence-corrected chi connectivity index (χ4v) is 2.66. The van der Waals surface area contributed by atoms with Crippen LogP contribution in [0.15, 0.2) is 28.9 Å². The molecule has 0 spiro atoms. The third-order valence-electron chi connectivity index (χ3n) is 3.31. The molecule has 122 valence electrons. The Labute approximate surface area is 141 Å². The fourth-order valence-electron chi connectivity index (χ4n) is 2.24. The van der Waals surface area contributed by atoms with Crippen molar-refractivity contribution >= 4 is 34.5 Å². The van der Waals surface area contributed by atoms with Crippen molar-refractivity contribution in [2.75, 3.05) is 12.0 Å². The maximum atomic E-state index is 12.6. The van der Waals surface area contributed by atoms with Crippen LogP contribution >= 0.6 is 23.2 Å². The summed E-state index contributed by atoms with van der Waals surface area (Å²) in [5.41, 5.74) is 6.97. The van der Waals surface area contributed by atoms with E-state index in [0.717, 1.165) is 5.76 Å². The minimum absolute atomic E-state index is 0.0401. The highest BCUT2D eigenvalue weighted by molar-refractivity contribution is 6.31. The lowest BCUT2D eigenvalue weighted by Gasteiger charge is -2.06. The van der Waals surface area contributed by atoms with Crippen molar-refractivity contribution < 1.29 is 8.81 Å². The Balaban J connectivity index is 1.95. The molecular formula is C14H14Cl2FN5O. The zero-order valence-electron chi connectivity index (χ0n) is 12.0. The van der Waals surface area contributed by atoms with Gasteiger partial charge in [-0.3, -0.25) is 0 Å². The Morgan fingerprint density at radius 1 is 1.43 bits per heavy atom. The minimum atomic E-state index is -0.626. The first-order valence-electron chi connectivity index (χ1n) is 6.90. The first-order chi connectivity index (χ1) is 11.1. The molecular weight excluding hydrogens is 344 g/mol. The molecule has 3 rings (SSSR count). The van der Waals surface area contributed by atoms with Gasteiger partial charge in [0, 0.05) is 6.04 Å². The number of aromatic nitrogens is 3. The molecule has 0 bridgehead atoms. The van der Waals surface area contributed by atoms with Gasteiger partial charge in [-0.05, 0) is 41.8 Å². The van der Waals surface area contributed by atoms with Crippen LogP contribution in [0.1, 0.15) is 11.3 Å². The average molecular weight is 358 g/mol. The van der Waals surface area contributed by atoms with Gasteiger partial charge in [0.2, 0.25) is 5.28 Å². The molecule has 0 fully saturated rings. The molecule has 0 aliphatic rings. The summed E-state index contributed by atoms with van der Waals surface area (Å²) < 4.78 is 19.4. The lowest BCUT2D eigenvalue weighted by Crippen LogP contribution is -2.24. The van der Waals surface area contributed by atoms with Gasteiger partial charge in [-0.15, -0.1) is 5.10 Å². The number of nitrogens with one attached hydrogen (secondary N) is 1. The summed E-state index contributed by atoms with van der Waals surface area (Å²) in [6.45, 7) is -0.198. The molecule has 3 aromatic heterocycles. The van der Waals surface area contributed by atoms with Crippen molar-refractivity contribution in [1.82, 2.24) is 14.6 Å². The number of hydrogen-bond donors (Lipinski definition) is 2. The molecule has 23 heavy (non-hydrogen) atoms. The van der Waals surface area contributed by atoms with Crippen LogP contribution in [0.2, 0.25) is 10.4 Å². The van der Waals surface area contributed by atoms with Gasteiger partial charge in [0.1, 0.15) is 23.1 Å². The van der Waals surface area contributed by atoms with Gasteiger partial charge in [0.15, 0.2) is 5.82 Å². The predicted octanol–water partition coefficient (Wildman–Crippen LogP) is 3.08. The number of nitrogens with two attached hydrogens (primary N) is 1.